The van der Waals surface area contributed by atoms with Gasteiger partial charge in [0, 0.05) is 28.1 Å². The highest BCUT2D eigenvalue weighted by Gasteiger charge is 2.56. The normalized spacial score (nSPS) is 20.8. The molecule has 38 heavy (non-hydrogen) atoms. The number of aromatic carboxylic acids is 1. The van der Waals surface area contributed by atoms with Gasteiger partial charge in [-0.15, -0.1) is 0 Å². The minimum atomic E-state index is -2.42. The Kier molecular flexibility index (Phi) is 4.72. The van der Waals surface area contributed by atoms with Crippen LogP contribution in [0.2, 0.25) is 13.1 Å². The molecule has 0 aliphatic carbocycles. The van der Waals surface area contributed by atoms with E-state index in [4.69, 9.17) is 4.74 Å². The second-order valence-corrected chi connectivity index (χ2v) is 15.6. The molecular weight excluding hydrogens is 506 g/mol. The van der Waals surface area contributed by atoms with Gasteiger partial charge in [-0.3, -0.25) is 0 Å². The van der Waals surface area contributed by atoms with Crippen LogP contribution in [0.3, 0.4) is 0 Å². The Morgan fingerprint density at radius 3 is 1.87 bits per heavy atom. The Hall–Kier alpha value is -3.72. The lowest BCUT2D eigenvalue weighted by molar-refractivity contribution is 0.0255. The molecule has 0 radical (unpaired) electrons. The maximum atomic E-state index is 13.7. The number of benzene rings is 3. The van der Waals surface area contributed by atoms with E-state index in [0.717, 1.165) is 32.9 Å². The fourth-order valence-electron chi connectivity index (χ4n) is 6.46. The first-order chi connectivity index (χ1) is 18.1. The van der Waals surface area contributed by atoms with E-state index in [2.05, 4.69) is 25.2 Å². The molecule has 1 spiro atoms. The first-order valence-corrected chi connectivity index (χ1v) is 15.8. The number of carbonyl (C=O) groups excluding carboxylic acids is 1. The van der Waals surface area contributed by atoms with E-state index in [1.54, 1.807) is 6.07 Å². The number of fused-ring (bicyclic) bond motifs is 6. The SMILES string of the molecule is C[Si]1(C)c2cc(N3CC(F)C3)ccc2C2(OC(=O)c3ccc(C(=O)O)cc32)c2ccc(N3CC(F)C3)cc21. The summed E-state index contributed by atoms with van der Waals surface area (Å²) in [5.41, 5.74) is 3.08. The number of carbonyl (C=O) groups is 2. The van der Waals surface area contributed by atoms with E-state index in [9.17, 15) is 23.5 Å². The van der Waals surface area contributed by atoms with Gasteiger partial charge in [-0.05, 0) is 52.8 Å². The summed E-state index contributed by atoms with van der Waals surface area (Å²) in [5, 5.41) is 11.9. The van der Waals surface area contributed by atoms with Crippen LogP contribution in [0.15, 0.2) is 54.6 Å². The number of hydrogen-bond donors (Lipinski definition) is 1. The summed E-state index contributed by atoms with van der Waals surface area (Å²) in [6.07, 6.45) is -1.70. The maximum Gasteiger partial charge on any atom is 0.340 e. The van der Waals surface area contributed by atoms with Gasteiger partial charge in [-0.1, -0.05) is 25.2 Å². The van der Waals surface area contributed by atoms with Gasteiger partial charge in [0.15, 0.2) is 5.60 Å². The second-order valence-electron chi connectivity index (χ2n) is 11.2. The van der Waals surface area contributed by atoms with Crippen molar-refractivity contribution in [2.24, 2.45) is 0 Å². The van der Waals surface area contributed by atoms with E-state index in [0.29, 0.717) is 37.3 Å². The molecule has 2 saturated heterocycles. The Balaban J connectivity index is 1.50. The average molecular weight is 533 g/mol. The minimum Gasteiger partial charge on any atom is -0.478 e. The second kappa shape index (κ2) is 7.66. The molecule has 0 aromatic heterocycles. The van der Waals surface area contributed by atoms with E-state index in [-0.39, 0.29) is 5.56 Å². The van der Waals surface area contributed by atoms with Crippen LogP contribution < -0.4 is 20.2 Å². The average Bonchev–Trinajstić information content (AvgIpc) is 3.15. The number of carboxylic acid groups (broad SMARTS) is 1. The third kappa shape index (κ3) is 3.02. The standard InChI is InChI=1S/C29H26F2N2O4Si/c1-38(2)25-10-19(32-12-17(30)13-32)4-7-22(25)29(23-8-5-20(11-26(23)38)33-14-18(31)15-33)24-9-16(27(34)35)3-6-21(24)28(36)37-29/h3-11,17-18H,12-15H2,1-2H3,(H,34,35). The quantitative estimate of drug-likeness (QED) is 0.413. The molecule has 0 saturated carbocycles. The molecule has 1 N–H and O–H groups in total. The Bertz CT molecular complexity index is 1470. The Morgan fingerprint density at radius 2 is 1.39 bits per heavy atom. The molecule has 4 heterocycles. The number of ether oxygens (including phenoxy) is 1. The molecule has 4 aliphatic rings. The number of carboxylic acids is 1. The molecule has 3 aromatic carbocycles. The lowest BCUT2D eigenvalue weighted by atomic mass is 9.78. The summed E-state index contributed by atoms with van der Waals surface area (Å²) in [6, 6.07) is 16.5. The lowest BCUT2D eigenvalue weighted by Gasteiger charge is -2.46. The molecule has 4 aliphatic heterocycles. The predicted molar refractivity (Wildman–Crippen MR) is 143 cm³/mol. The number of anilines is 2. The van der Waals surface area contributed by atoms with Gasteiger partial charge in [-0.25, -0.2) is 18.4 Å². The highest BCUT2D eigenvalue weighted by Crippen LogP contribution is 2.50. The number of halogens is 2. The Morgan fingerprint density at radius 1 is 0.868 bits per heavy atom. The van der Waals surface area contributed by atoms with E-state index in [1.807, 2.05) is 34.1 Å². The summed E-state index contributed by atoms with van der Waals surface area (Å²) in [5.74, 6) is -1.59. The van der Waals surface area contributed by atoms with Crippen LogP contribution >= 0.6 is 0 Å². The molecule has 3 aromatic rings. The zero-order valence-electron chi connectivity index (χ0n) is 21.0. The maximum absolute atomic E-state index is 13.7. The summed E-state index contributed by atoms with van der Waals surface area (Å²) in [6.45, 7) is 5.83. The molecule has 7 rings (SSSR count). The smallest absolute Gasteiger partial charge is 0.340 e. The highest BCUT2D eigenvalue weighted by atomic mass is 28.3. The third-order valence-corrected chi connectivity index (χ3v) is 12.1. The third-order valence-electron chi connectivity index (χ3n) is 8.63. The van der Waals surface area contributed by atoms with Crippen molar-refractivity contribution in [1.82, 2.24) is 0 Å². The summed E-state index contributed by atoms with van der Waals surface area (Å²) < 4.78 is 33.7. The van der Waals surface area contributed by atoms with Crippen molar-refractivity contribution in [1.29, 1.82) is 0 Å². The van der Waals surface area contributed by atoms with Crippen molar-refractivity contribution in [2.45, 2.75) is 31.0 Å². The van der Waals surface area contributed by atoms with Gasteiger partial charge in [-0.2, -0.15) is 0 Å². The van der Waals surface area contributed by atoms with Gasteiger partial charge in [0.2, 0.25) is 0 Å². The fraction of sp³-hybridized carbons (Fsp3) is 0.310. The summed E-state index contributed by atoms with van der Waals surface area (Å²) in [4.78, 5) is 29.2. The largest absolute Gasteiger partial charge is 0.478 e. The zero-order chi connectivity index (χ0) is 26.6. The lowest BCUT2D eigenvalue weighted by Crippen LogP contribution is -2.64. The highest BCUT2D eigenvalue weighted by molar-refractivity contribution is 7.01. The molecule has 0 amide bonds. The molecule has 0 atom stereocenters. The van der Waals surface area contributed by atoms with Crippen LogP contribution in [0.5, 0.6) is 0 Å². The van der Waals surface area contributed by atoms with Crippen LogP contribution in [0, 0.1) is 0 Å². The number of rotatable bonds is 3. The number of esters is 1. The minimum absolute atomic E-state index is 0.0731. The van der Waals surface area contributed by atoms with Crippen molar-refractivity contribution in [3.8, 4) is 0 Å². The molecule has 194 valence electrons. The zero-order valence-corrected chi connectivity index (χ0v) is 22.0. The fourth-order valence-corrected chi connectivity index (χ4v) is 9.64. The van der Waals surface area contributed by atoms with Gasteiger partial charge in [0.05, 0.1) is 37.3 Å². The number of hydrogen-bond acceptors (Lipinski definition) is 5. The van der Waals surface area contributed by atoms with Gasteiger partial charge < -0.3 is 19.6 Å². The molecule has 9 heteroatoms. The molecule has 0 bridgehead atoms. The van der Waals surface area contributed by atoms with Crippen molar-refractivity contribution in [3.63, 3.8) is 0 Å². The van der Waals surface area contributed by atoms with Crippen LogP contribution in [0.1, 0.15) is 37.4 Å². The topological polar surface area (TPSA) is 70.1 Å². The van der Waals surface area contributed by atoms with Crippen molar-refractivity contribution < 1.29 is 28.2 Å². The van der Waals surface area contributed by atoms with Gasteiger partial charge in [0.25, 0.3) is 0 Å². The van der Waals surface area contributed by atoms with E-state index >= 15 is 0 Å². The number of nitrogens with zero attached hydrogens (tertiary/aromatic N) is 2. The van der Waals surface area contributed by atoms with Crippen LogP contribution in [0.25, 0.3) is 0 Å². The van der Waals surface area contributed by atoms with Crippen molar-refractivity contribution in [3.05, 3.63) is 82.4 Å². The van der Waals surface area contributed by atoms with E-state index in [1.165, 1.54) is 12.1 Å². The van der Waals surface area contributed by atoms with Crippen molar-refractivity contribution in [2.75, 3.05) is 36.0 Å². The monoisotopic (exact) mass is 532 g/mol. The van der Waals surface area contributed by atoms with Crippen LogP contribution in [-0.2, 0) is 10.3 Å². The summed E-state index contributed by atoms with van der Waals surface area (Å²) in [7, 11) is -2.42. The molecule has 6 nitrogen and oxygen atoms in total. The van der Waals surface area contributed by atoms with E-state index < -0.39 is 38.0 Å². The predicted octanol–water partition coefficient (Wildman–Crippen LogP) is 3.30. The van der Waals surface area contributed by atoms with Crippen molar-refractivity contribution >= 4 is 41.8 Å². The number of alkyl halides is 2. The first kappa shape index (κ1) is 23.4. The Labute approximate surface area is 219 Å². The molecular formula is C29H26F2N2O4Si. The van der Waals surface area contributed by atoms with Gasteiger partial charge >= 0.3 is 11.9 Å². The van der Waals surface area contributed by atoms with Crippen LogP contribution in [0.4, 0.5) is 20.2 Å². The van der Waals surface area contributed by atoms with Gasteiger partial charge in [0.1, 0.15) is 20.4 Å². The first-order valence-electron chi connectivity index (χ1n) is 12.8. The molecule has 0 unspecified atom stereocenters. The summed E-state index contributed by atoms with van der Waals surface area (Å²) >= 11 is 0. The molecule has 2 fully saturated rings. The van der Waals surface area contributed by atoms with Crippen LogP contribution in [-0.4, -0.2) is 63.6 Å².